The normalized spacial score (nSPS) is 11.6. The Morgan fingerprint density at radius 2 is 1.80 bits per heavy atom. The molecule has 0 unspecified atom stereocenters. The summed E-state index contributed by atoms with van der Waals surface area (Å²) in [7, 11) is 0. The van der Waals surface area contributed by atoms with E-state index in [1.54, 1.807) is 4.57 Å². The van der Waals surface area contributed by atoms with Crippen LogP contribution in [0, 0.1) is 20.8 Å². The summed E-state index contributed by atoms with van der Waals surface area (Å²) in [5.74, 6) is 0. The van der Waals surface area contributed by atoms with Crippen molar-refractivity contribution in [2.24, 2.45) is 0 Å². The third-order valence-corrected chi connectivity index (χ3v) is 2.41. The first-order valence-electron chi connectivity index (χ1n) is 5.11. The average molecular weight is 209 g/mol. The molecule has 1 heterocycles. The predicted molar refractivity (Wildman–Crippen MR) is 60.3 cm³/mol. The molecule has 0 saturated heterocycles. The lowest BCUT2D eigenvalue weighted by atomic mass is 10.2. The van der Waals surface area contributed by atoms with Crippen LogP contribution < -0.4 is 0 Å². The fourth-order valence-electron chi connectivity index (χ4n) is 1.35. The van der Waals surface area contributed by atoms with E-state index >= 15 is 0 Å². The summed E-state index contributed by atoms with van der Waals surface area (Å²) in [5.41, 5.74) is 2.75. The minimum atomic E-state index is -0.449. The summed E-state index contributed by atoms with van der Waals surface area (Å²) in [5, 5.41) is 0. The van der Waals surface area contributed by atoms with Gasteiger partial charge in [-0.3, -0.25) is 4.57 Å². The van der Waals surface area contributed by atoms with E-state index in [-0.39, 0.29) is 6.09 Å². The summed E-state index contributed by atoms with van der Waals surface area (Å²) in [6.07, 6.45) is 1.51. The second-order valence-electron chi connectivity index (χ2n) is 4.87. The van der Waals surface area contributed by atoms with E-state index in [1.807, 2.05) is 47.7 Å². The molecule has 0 aliphatic rings. The lowest BCUT2D eigenvalue weighted by Gasteiger charge is -2.20. The van der Waals surface area contributed by atoms with Crippen LogP contribution in [0.15, 0.2) is 6.20 Å². The van der Waals surface area contributed by atoms with Gasteiger partial charge in [0.1, 0.15) is 5.60 Å². The Bertz CT molecular complexity index is 383. The van der Waals surface area contributed by atoms with Crippen LogP contribution in [0.25, 0.3) is 0 Å². The zero-order valence-electron chi connectivity index (χ0n) is 10.3. The van der Waals surface area contributed by atoms with Gasteiger partial charge in [0.05, 0.1) is 0 Å². The molecular weight excluding hydrogens is 190 g/mol. The summed E-state index contributed by atoms with van der Waals surface area (Å²) in [6, 6.07) is 0. The van der Waals surface area contributed by atoms with Crippen molar-refractivity contribution in [3.05, 3.63) is 23.0 Å². The Morgan fingerprint density at radius 3 is 2.13 bits per heavy atom. The summed E-state index contributed by atoms with van der Waals surface area (Å²) < 4.78 is 6.86. The Kier molecular flexibility index (Phi) is 2.93. The number of hydrogen-bond acceptors (Lipinski definition) is 2. The molecule has 0 N–H and O–H groups in total. The van der Waals surface area contributed by atoms with E-state index in [0.29, 0.717) is 0 Å². The zero-order chi connectivity index (χ0) is 11.8. The number of aryl methyl sites for hydroxylation is 1. The van der Waals surface area contributed by atoms with Crippen molar-refractivity contribution in [2.45, 2.75) is 47.1 Å². The minimum absolute atomic E-state index is 0.309. The zero-order valence-corrected chi connectivity index (χ0v) is 10.3. The van der Waals surface area contributed by atoms with Gasteiger partial charge >= 0.3 is 6.09 Å². The number of nitrogens with zero attached hydrogens (tertiary/aromatic N) is 1. The van der Waals surface area contributed by atoms with E-state index in [2.05, 4.69) is 0 Å². The smallest absolute Gasteiger partial charge is 0.418 e. The highest BCUT2D eigenvalue weighted by Crippen LogP contribution is 2.17. The maximum Gasteiger partial charge on any atom is 0.418 e. The van der Waals surface area contributed by atoms with Gasteiger partial charge < -0.3 is 4.74 Å². The van der Waals surface area contributed by atoms with E-state index in [4.69, 9.17) is 4.74 Å². The maximum atomic E-state index is 11.8. The molecule has 0 bridgehead atoms. The van der Waals surface area contributed by atoms with Crippen molar-refractivity contribution in [3.63, 3.8) is 0 Å². The van der Waals surface area contributed by atoms with Crippen LogP contribution >= 0.6 is 0 Å². The Labute approximate surface area is 91.0 Å². The number of rotatable bonds is 0. The fraction of sp³-hybridized carbons (Fsp3) is 0.583. The Balaban J connectivity index is 2.98. The molecule has 0 fully saturated rings. The molecular formula is C12H19NO2. The Morgan fingerprint density at radius 1 is 1.27 bits per heavy atom. The van der Waals surface area contributed by atoms with Gasteiger partial charge in [0.2, 0.25) is 0 Å². The molecule has 0 atom stereocenters. The van der Waals surface area contributed by atoms with Crippen LogP contribution in [0.5, 0.6) is 0 Å². The van der Waals surface area contributed by atoms with Crippen LogP contribution in [0.3, 0.4) is 0 Å². The van der Waals surface area contributed by atoms with Gasteiger partial charge in [0.25, 0.3) is 0 Å². The van der Waals surface area contributed by atoms with Crippen LogP contribution in [-0.2, 0) is 4.74 Å². The molecule has 0 amide bonds. The first-order valence-corrected chi connectivity index (χ1v) is 5.11. The first-order chi connectivity index (χ1) is 6.72. The SMILES string of the molecule is Cc1cn(C(=O)OC(C)(C)C)c(C)c1C. The van der Waals surface area contributed by atoms with Crippen molar-refractivity contribution in [1.29, 1.82) is 0 Å². The van der Waals surface area contributed by atoms with Crippen LogP contribution in [-0.4, -0.2) is 16.3 Å². The maximum absolute atomic E-state index is 11.8. The largest absolute Gasteiger partial charge is 0.443 e. The quantitative estimate of drug-likeness (QED) is 0.657. The van der Waals surface area contributed by atoms with E-state index in [1.165, 1.54) is 0 Å². The molecule has 1 rings (SSSR count). The van der Waals surface area contributed by atoms with Gasteiger partial charge in [-0.1, -0.05) is 0 Å². The molecule has 3 nitrogen and oxygen atoms in total. The molecule has 3 heteroatoms. The van der Waals surface area contributed by atoms with Crippen molar-refractivity contribution in [2.75, 3.05) is 0 Å². The molecule has 0 aliphatic carbocycles. The highest BCUT2D eigenvalue weighted by molar-refractivity contribution is 5.73. The monoisotopic (exact) mass is 209 g/mol. The number of carbonyl (C=O) groups excluding carboxylic acids is 1. The lowest BCUT2D eigenvalue weighted by Crippen LogP contribution is -2.27. The van der Waals surface area contributed by atoms with Gasteiger partial charge in [0, 0.05) is 11.9 Å². The van der Waals surface area contributed by atoms with Crippen LogP contribution in [0.1, 0.15) is 37.6 Å². The van der Waals surface area contributed by atoms with Crippen molar-refractivity contribution in [1.82, 2.24) is 4.57 Å². The standard InChI is InChI=1S/C12H19NO2/c1-8-7-13(10(3)9(8)2)11(14)15-12(4,5)6/h7H,1-6H3. The molecule has 1 aromatic heterocycles. The van der Waals surface area contributed by atoms with E-state index in [9.17, 15) is 4.79 Å². The highest BCUT2D eigenvalue weighted by Gasteiger charge is 2.19. The number of hydrogen-bond donors (Lipinski definition) is 0. The summed E-state index contributed by atoms with van der Waals surface area (Å²) in [4.78, 5) is 11.8. The summed E-state index contributed by atoms with van der Waals surface area (Å²) in [6.45, 7) is 11.5. The highest BCUT2D eigenvalue weighted by atomic mass is 16.6. The third kappa shape index (κ3) is 2.61. The van der Waals surface area contributed by atoms with Crippen molar-refractivity contribution >= 4 is 6.09 Å². The minimum Gasteiger partial charge on any atom is -0.443 e. The van der Waals surface area contributed by atoms with Gasteiger partial charge in [-0.25, -0.2) is 4.79 Å². The molecule has 0 spiro atoms. The Hall–Kier alpha value is -1.25. The second kappa shape index (κ2) is 3.72. The van der Waals surface area contributed by atoms with Crippen LogP contribution in [0.4, 0.5) is 4.79 Å². The third-order valence-electron chi connectivity index (χ3n) is 2.41. The van der Waals surface area contributed by atoms with E-state index < -0.39 is 5.60 Å². The number of ether oxygens (including phenoxy) is 1. The van der Waals surface area contributed by atoms with Crippen molar-refractivity contribution in [3.8, 4) is 0 Å². The van der Waals surface area contributed by atoms with Gasteiger partial charge in [-0.2, -0.15) is 0 Å². The average Bonchev–Trinajstić information content (AvgIpc) is 2.30. The predicted octanol–water partition coefficient (Wildman–Crippen LogP) is 3.20. The second-order valence-corrected chi connectivity index (χ2v) is 4.87. The molecule has 0 aliphatic heterocycles. The lowest BCUT2D eigenvalue weighted by molar-refractivity contribution is 0.0534. The van der Waals surface area contributed by atoms with Gasteiger partial charge in [-0.15, -0.1) is 0 Å². The molecule has 1 aromatic rings. The van der Waals surface area contributed by atoms with Crippen LogP contribution in [0.2, 0.25) is 0 Å². The summed E-state index contributed by atoms with van der Waals surface area (Å²) >= 11 is 0. The molecule has 0 saturated carbocycles. The van der Waals surface area contributed by atoms with Crippen molar-refractivity contribution < 1.29 is 9.53 Å². The van der Waals surface area contributed by atoms with Gasteiger partial charge in [-0.05, 0) is 52.7 Å². The van der Waals surface area contributed by atoms with E-state index in [0.717, 1.165) is 16.8 Å². The molecule has 15 heavy (non-hydrogen) atoms. The fourth-order valence-corrected chi connectivity index (χ4v) is 1.35. The molecule has 0 radical (unpaired) electrons. The first kappa shape index (κ1) is 11.8. The molecule has 0 aromatic carbocycles. The number of carbonyl (C=O) groups is 1. The van der Waals surface area contributed by atoms with Gasteiger partial charge in [0.15, 0.2) is 0 Å². The molecule has 84 valence electrons. The number of aromatic nitrogens is 1. The topological polar surface area (TPSA) is 31.2 Å².